The van der Waals surface area contributed by atoms with Crippen LogP contribution in [0.4, 0.5) is 0 Å². The molecule has 2 nitrogen and oxygen atoms in total. The number of halogens is 1. The monoisotopic (exact) mass is 287 g/mol. The maximum absolute atomic E-state index is 5.39. The van der Waals surface area contributed by atoms with Gasteiger partial charge in [-0.05, 0) is 34.4 Å². The summed E-state index contributed by atoms with van der Waals surface area (Å²) in [6, 6.07) is 15.4. The topological polar surface area (TPSA) is 12.5 Å². The SMILES string of the molecule is COc1ccc2c(c1)C1CN(Cc3ccccc31)C2.Cl. The van der Waals surface area contributed by atoms with Crippen molar-refractivity contribution in [2.75, 3.05) is 13.7 Å². The summed E-state index contributed by atoms with van der Waals surface area (Å²) in [5.74, 6) is 1.47. The van der Waals surface area contributed by atoms with E-state index < -0.39 is 0 Å². The number of fused-ring (bicyclic) bond motifs is 6. The van der Waals surface area contributed by atoms with E-state index in [1.807, 2.05) is 0 Å². The molecule has 2 heterocycles. The van der Waals surface area contributed by atoms with Gasteiger partial charge in [0.2, 0.25) is 0 Å². The smallest absolute Gasteiger partial charge is 0.119 e. The van der Waals surface area contributed by atoms with E-state index in [0.717, 1.165) is 25.4 Å². The number of hydrogen-bond acceptors (Lipinski definition) is 2. The highest BCUT2D eigenvalue weighted by molar-refractivity contribution is 5.85. The van der Waals surface area contributed by atoms with Gasteiger partial charge in [-0.15, -0.1) is 12.4 Å². The van der Waals surface area contributed by atoms with Crippen molar-refractivity contribution in [3.05, 3.63) is 64.7 Å². The van der Waals surface area contributed by atoms with Crippen LogP contribution >= 0.6 is 12.4 Å². The van der Waals surface area contributed by atoms with E-state index in [9.17, 15) is 0 Å². The van der Waals surface area contributed by atoms with E-state index in [1.54, 1.807) is 7.11 Å². The molecule has 0 saturated carbocycles. The van der Waals surface area contributed by atoms with Crippen molar-refractivity contribution in [3.8, 4) is 5.75 Å². The van der Waals surface area contributed by atoms with Crippen LogP contribution in [0.5, 0.6) is 5.75 Å². The Kier molecular flexibility index (Phi) is 3.45. The molecule has 2 unspecified atom stereocenters. The zero-order valence-electron chi connectivity index (χ0n) is 11.5. The van der Waals surface area contributed by atoms with Crippen LogP contribution in [0.3, 0.4) is 0 Å². The van der Waals surface area contributed by atoms with Crippen LogP contribution in [0.15, 0.2) is 42.5 Å². The lowest BCUT2D eigenvalue weighted by molar-refractivity contribution is 0.214. The predicted octanol–water partition coefficient (Wildman–Crippen LogP) is 3.58. The van der Waals surface area contributed by atoms with E-state index in [0.29, 0.717) is 5.92 Å². The minimum Gasteiger partial charge on any atom is -0.497 e. The molecule has 2 aliphatic rings. The molecule has 2 aliphatic heterocycles. The van der Waals surface area contributed by atoms with Gasteiger partial charge >= 0.3 is 0 Å². The molecule has 0 N–H and O–H groups in total. The first-order valence-electron chi connectivity index (χ1n) is 6.82. The van der Waals surface area contributed by atoms with Crippen molar-refractivity contribution in [1.82, 2.24) is 4.90 Å². The molecule has 0 spiro atoms. The van der Waals surface area contributed by atoms with Crippen LogP contribution < -0.4 is 4.74 Å². The summed E-state index contributed by atoms with van der Waals surface area (Å²) in [4.78, 5) is 2.54. The van der Waals surface area contributed by atoms with Crippen molar-refractivity contribution >= 4 is 12.4 Å². The Bertz CT molecular complexity index is 641. The third-order valence-corrected chi connectivity index (χ3v) is 4.39. The fourth-order valence-corrected chi connectivity index (χ4v) is 3.48. The van der Waals surface area contributed by atoms with Gasteiger partial charge in [-0.1, -0.05) is 30.3 Å². The molecule has 0 aliphatic carbocycles. The number of hydrogen-bond donors (Lipinski definition) is 0. The minimum atomic E-state index is 0. The third-order valence-electron chi connectivity index (χ3n) is 4.39. The number of nitrogens with zero attached hydrogens (tertiary/aromatic N) is 1. The Morgan fingerprint density at radius 1 is 1.00 bits per heavy atom. The normalized spacial score (nSPS) is 22.2. The van der Waals surface area contributed by atoms with Gasteiger partial charge in [0.25, 0.3) is 0 Å². The molecule has 2 aromatic rings. The fourth-order valence-electron chi connectivity index (χ4n) is 3.48. The lowest BCUT2D eigenvalue weighted by Crippen LogP contribution is -2.38. The van der Waals surface area contributed by atoms with Gasteiger partial charge in [-0.3, -0.25) is 4.90 Å². The second kappa shape index (κ2) is 5.12. The number of ether oxygens (including phenoxy) is 1. The van der Waals surface area contributed by atoms with Gasteiger partial charge < -0.3 is 4.74 Å². The van der Waals surface area contributed by atoms with Crippen LogP contribution in [0.1, 0.15) is 28.2 Å². The summed E-state index contributed by atoms with van der Waals surface area (Å²) < 4.78 is 5.39. The first-order valence-corrected chi connectivity index (χ1v) is 6.82. The Labute approximate surface area is 125 Å². The zero-order chi connectivity index (χ0) is 12.8. The molecular weight excluding hydrogens is 270 g/mol. The summed E-state index contributed by atoms with van der Waals surface area (Å²) in [6.45, 7) is 3.28. The summed E-state index contributed by atoms with van der Waals surface area (Å²) in [6.07, 6.45) is 0. The van der Waals surface area contributed by atoms with Crippen molar-refractivity contribution in [2.45, 2.75) is 19.0 Å². The molecule has 0 radical (unpaired) electrons. The predicted molar refractivity (Wildman–Crippen MR) is 82.6 cm³/mol. The van der Waals surface area contributed by atoms with Crippen LogP contribution in [0, 0.1) is 0 Å². The van der Waals surface area contributed by atoms with Gasteiger partial charge in [0.15, 0.2) is 0 Å². The molecule has 2 atom stereocenters. The van der Waals surface area contributed by atoms with Crippen molar-refractivity contribution < 1.29 is 4.74 Å². The van der Waals surface area contributed by atoms with Crippen molar-refractivity contribution in [1.29, 1.82) is 0 Å². The van der Waals surface area contributed by atoms with Gasteiger partial charge in [-0.25, -0.2) is 0 Å². The molecule has 104 valence electrons. The summed E-state index contributed by atoms with van der Waals surface area (Å²) in [7, 11) is 1.74. The average Bonchev–Trinajstić information content (AvgIpc) is 2.47. The van der Waals surface area contributed by atoms with Crippen LogP contribution in [0.2, 0.25) is 0 Å². The number of rotatable bonds is 1. The molecule has 0 amide bonds. The molecule has 3 heteroatoms. The van der Waals surface area contributed by atoms with Gasteiger partial charge in [0.05, 0.1) is 7.11 Å². The van der Waals surface area contributed by atoms with Crippen LogP contribution in [0.25, 0.3) is 0 Å². The molecule has 2 aromatic carbocycles. The van der Waals surface area contributed by atoms with Gasteiger partial charge in [0.1, 0.15) is 5.75 Å². The minimum absolute atomic E-state index is 0. The van der Waals surface area contributed by atoms with Crippen molar-refractivity contribution in [3.63, 3.8) is 0 Å². The Balaban J connectivity index is 0.00000121. The third kappa shape index (κ3) is 2.00. The summed E-state index contributed by atoms with van der Waals surface area (Å²) >= 11 is 0. The molecule has 20 heavy (non-hydrogen) atoms. The first-order chi connectivity index (χ1) is 9.35. The van der Waals surface area contributed by atoms with E-state index in [-0.39, 0.29) is 12.4 Å². The largest absolute Gasteiger partial charge is 0.497 e. The first kappa shape index (κ1) is 13.5. The number of benzene rings is 2. The maximum Gasteiger partial charge on any atom is 0.119 e. The van der Waals surface area contributed by atoms with Gasteiger partial charge in [-0.2, -0.15) is 0 Å². The second-order valence-electron chi connectivity index (χ2n) is 5.49. The standard InChI is InChI=1S/C17H17NO.ClH/c1-19-14-7-6-13-10-18-9-12-4-2-3-5-15(12)17(11-18)16(13)8-14;/h2-8,17H,9-11H2,1H3;1H. The van der Waals surface area contributed by atoms with Crippen molar-refractivity contribution in [2.24, 2.45) is 0 Å². The Morgan fingerprint density at radius 3 is 2.55 bits per heavy atom. The lowest BCUT2D eigenvalue weighted by atomic mass is 9.79. The van der Waals surface area contributed by atoms with Crippen LogP contribution in [-0.2, 0) is 13.1 Å². The van der Waals surface area contributed by atoms with E-state index in [2.05, 4.69) is 47.4 Å². The fraction of sp³-hybridized carbons (Fsp3) is 0.294. The Morgan fingerprint density at radius 2 is 1.75 bits per heavy atom. The molecule has 2 bridgehead atoms. The van der Waals surface area contributed by atoms with Crippen LogP contribution in [-0.4, -0.2) is 18.6 Å². The lowest BCUT2D eigenvalue weighted by Gasteiger charge is -2.40. The molecule has 0 saturated heterocycles. The van der Waals surface area contributed by atoms with E-state index >= 15 is 0 Å². The molecule has 0 fully saturated rings. The average molecular weight is 288 g/mol. The zero-order valence-corrected chi connectivity index (χ0v) is 12.3. The summed E-state index contributed by atoms with van der Waals surface area (Å²) in [5.41, 5.74) is 5.87. The summed E-state index contributed by atoms with van der Waals surface area (Å²) in [5, 5.41) is 0. The number of methoxy groups -OCH3 is 1. The Hall–Kier alpha value is -1.51. The highest BCUT2D eigenvalue weighted by Gasteiger charge is 2.32. The highest BCUT2D eigenvalue weighted by Crippen LogP contribution is 2.40. The quantitative estimate of drug-likeness (QED) is 0.795. The van der Waals surface area contributed by atoms with Gasteiger partial charge in [0, 0.05) is 25.6 Å². The van der Waals surface area contributed by atoms with E-state index in [4.69, 9.17) is 4.74 Å². The second-order valence-corrected chi connectivity index (χ2v) is 5.49. The van der Waals surface area contributed by atoms with E-state index in [1.165, 1.54) is 22.3 Å². The molecule has 4 rings (SSSR count). The maximum atomic E-state index is 5.39. The molecular formula is C17H18ClNO. The molecule has 0 aromatic heterocycles. The highest BCUT2D eigenvalue weighted by atomic mass is 35.5.